The number of hydrogen-bond donors (Lipinski definition) is 0. The summed E-state index contributed by atoms with van der Waals surface area (Å²) in [6.07, 6.45) is 6.08. The number of rotatable bonds is 1. The van der Waals surface area contributed by atoms with Gasteiger partial charge in [-0.25, -0.2) is 0 Å². The van der Waals surface area contributed by atoms with E-state index >= 15 is 0 Å². The van der Waals surface area contributed by atoms with Crippen molar-refractivity contribution >= 4 is 0 Å². The fraction of sp³-hybridized carbons (Fsp3) is 0.375. The normalized spacial score (nSPS) is 15.6. The molecule has 0 aromatic heterocycles. The van der Waals surface area contributed by atoms with Crippen LogP contribution in [-0.2, 0) is 0 Å². The van der Waals surface area contributed by atoms with Gasteiger partial charge < -0.3 is 0 Å². The summed E-state index contributed by atoms with van der Waals surface area (Å²) in [4.78, 5) is 0. The predicted molar refractivity (Wildman–Crippen MR) is 35.6 cm³/mol. The third kappa shape index (κ3) is 0.907. The van der Waals surface area contributed by atoms with Crippen molar-refractivity contribution in [3.8, 4) is 0 Å². The summed E-state index contributed by atoms with van der Waals surface area (Å²) in [5.41, 5.74) is 4.45. The maximum atomic E-state index is 3.14. The lowest BCUT2D eigenvalue weighted by molar-refractivity contribution is 0.795. The summed E-state index contributed by atoms with van der Waals surface area (Å²) in [5, 5.41) is 0. The highest BCUT2D eigenvalue weighted by atomic mass is 14.0. The molecule has 1 aliphatic carbocycles. The fourth-order valence-corrected chi connectivity index (χ4v) is 0.703. The Labute approximate surface area is 50.2 Å². The van der Waals surface area contributed by atoms with Crippen molar-refractivity contribution < 1.29 is 0 Å². The van der Waals surface area contributed by atoms with Crippen LogP contribution in [0.1, 0.15) is 13.8 Å². The van der Waals surface area contributed by atoms with E-state index in [2.05, 4.69) is 25.7 Å². The van der Waals surface area contributed by atoms with Crippen LogP contribution in [0, 0.1) is 5.92 Å². The first-order valence-electron chi connectivity index (χ1n) is 2.94. The second-order valence-corrected chi connectivity index (χ2v) is 2.28. The zero-order chi connectivity index (χ0) is 5.98. The zero-order valence-corrected chi connectivity index (χ0v) is 5.31. The molecule has 0 heterocycles. The largest absolute Gasteiger partial charge is 0.117 e. The van der Waals surface area contributed by atoms with Gasteiger partial charge in [-0.05, 0) is 17.6 Å². The molecule has 0 fully saturated rings. The Balaban J connectivity index is 2.74. The standard InChI is InChI=1S/C8H10/c1-7(2)8-5-3-4-6-8/h3-5,7H,1-2H3. The van der Waals surface area contributed by atoms with Gasteiger partial charge in [0, 0.05) is 0 Å². The minimum atomic E-state index is 0.630. The van der Waals surface area contributed by atoms with E-state index in [4.69, 9.17) is 0 Å². The van der Waals surface area contributed by atoms with E-state index in [-0.39, 0.29) is 0 Å². The molecule has 0 unspecified atom stereocenters. The SMILES string of the molecule is CC(C)C1=C=CC=C1. The smallest absolute Gasteiger partial charge is 0.00347 e. The molecule has 0 heteroatoms. The number of hydrogen-bond acceptors (Lipinski definition) is 0. The Hall–Kier alpha value is -0.740. The van der Waals surface area contributed by atoms with Crippen LogP contribution in [0.2, 0.25) is 0 Å². The first-order valence-corrected chi connectivity index (χ1v) is 2.94. The third-order valence-corrected chi connectivity index (χ3v) is 1.24. The minimum absolute atomic E-state index is 0.630. The second-order valence-electron chi connectivity index (χ2n) is 2.28. The van der Waals surface area contributed by atoms with Gasteiger partial charge >= 0.3 is 0 Å². The van der Waals surface area contributed by atoms with Gasteiger partial charge in [0.15, 0.2) is 0 Å². The minimum Gasteiger partial charge on any atom is -0.117 e. The molecule has 0 atom stereocenters. The Bertz CT molecular complexity index is 164. The summed E-state index contributed by atoms with van der Waals surface area (Å²) >= 11 is 0. The van der Waals surface area contributed by atoms with Crippen LogP contribution in [0.25, 0.3) is 0 Å². The van der Waals surface area contributed by atoms with Crippen LogP contribution in [0.3, 0.4) is 0 Å². The molecule has 0 N–H and O–H groups in total. The van der Waals surface area contributed by atoms with E-state index in [0.717, 1.165) is 0 Å². The molecule has 1 rings (SSSR count). The van der Waals surface area contributed by atoms with E-state index < -0.39 is 0 Å². The first kappa shape index (κ1) is 5.40. The predicted octanol–water partition coefficient (Wildman–Crippen LogP) is 2.29. The molecular formula is C8H10. The van der Waals surface area contributed by atoms with Gasteiger partial charge in [0.05, 0.1) is 0 Å². The molecule has 0 nitrogen and oxygen atoms in total. The fourth-order valence-electron chi connectivity index (χ4n) is 0.703. The lowest BCUT2D eigenvalue weighted by Gasteiger charge is -1.97. The van der Waals surface area contributed by atoms with Crippen molar-refractivity contribution in [2.75, 3.05) is 0 Å². The molecule has 0 radical (unpaired) electrons. The molecule has 0 bridgehead atoms. The maximum Gasteiger partial charge on any atom is -0.00347 e. The van der Waals surface area contributed by atoms with Gasteiger partial charge in [-0.1, -0.05) is 26.0 Å². The molecule has 1 aliphatic rings. The van der Waals surface area contributed by atoms with Gasteiger partial charge in [0.1, 0.15) is 0 Å². The molecule has 0 saturated heterocycles. The van der Waals surface area contributed by atoms with Crippen LogP contribution < -0.4 is 0 Å². The van der Waals surface area contributed by atoms with E-state index in [9.17, 15) is 0 Å². The highest BCUT2D eigenvalue weighted by molar-refractivity contribution is 5.29. The monoisotopic (exact) mass is 106 g/mol. The summed E-state index contributed by atoms with van der Waals surface area (Å²) < 4.78 is 0. The Morgan fingerprint density at radius 1 is 1.50 bits per heavy atom. The molecule has 0 saturated carbocycles. The van der Waals surface area contributed by atoms with Gasteiger partial charge in [0.25, 0.3) is 0 Å². The maximum absolute atomic E-state index is 3.14. The molecule has 42 valence electrons. The van der Waals surface area contributed by atoms with Crippen LogP contribution in [-0.4, -0.2) is 0 Å². The van der Waals surface area contributed by atoms with Crippen molar-refractivity contribution in [1.29, 1.82) is 0 Å². The summed E-state index contributed by atoms with van der Waals surface area (Å²) in [7, 11) is 0. The second kappa shape index (κ2) is 2.02. The van der Waals surface area contributed by atoms with Gasteiger partial charge in [0.2, 0.25) is 0 Å². The topological polar surface area (TPSA) is 0 Å². The summed E-state index contributed by atoms with van der Waals surface area (Å²) in [6.45, 7) is 4.34. The van der Waals surface area contributed by atoms with Crippen LogP contribution in [0.5, 0.6) is 0 Å². The van der Waals surface area contributed by atoms with E-state index in [1.807, 2.05) is 12.2 Å². The highest BCUT2D eigenvalue weighted by Crippen LogP contribution is 2.11. The molecule has 0 aliphatic heterocycles. The van der Waals surface area contributed by atoms with Crippen LogP contribution >= 0.6 is 0 Å². The molecule has 0 aromatic rings. The van der Waals surface area contributed by atoms with Crippen molar-refractivity contribution in [1.82, 2.24) is 0 Å². The van der Waals surface area contributed by atoms with Crippen molar-refractivity contribution in [3.05, 3.63) is 29.5 Å². The molecule has 0 amide bonds. The van der Waals surface area contributed by atoms with Crippen molar-refractivity contribution in [2.45, 2.75) is 13.8 Å². The van der Waals surface area contributed by atoms with Gasteiger partial charge in [-0.15, -0.1) is 5.73 Å². The Morgan fingerprint density at radius 3 is 2.50 bits per heavy atom. The van der Waals surface area contributed by atoms with Crippen molar-refractivity contribution in [3.63, 3.8) is 0 Å². The molecule has 0 aromatic carbocycles. The van der Waals surface area contributed by atoms with E-state index in [1.165, 1.54) is 5.57 Å². The van der Waals surface area contributed by atoms with Crippen molar-refractivity contribution in [2.24, 2.45) is 5.92 Å². The summed E-state index contributed by atoms with van der Waals surface area (Å²) in [6, 6.07) is 0. The Morgan fingerprint density at radius 2 is 2.25 bits per heavy atom. The first-order chi connectivity index (χ1) is 3.80. The molecular weight excluding hydrogens is 96.1 g/mol. The molecule has 0 spiro atoms. The summed E-state index contributed by atoms with van der Waals surface area (Å²) in [5.74, 6) is 0.630. The van der Waals surface area contributed by atoms with Crippen LogP contribution in [0.15, 0.2) is 29.5 Å². The van der Waals surface area contributed by atoms with Crippen LogP contribution in [0.4, 0.5) is 0 Å². The third-order valence-electron chi connectivity index (χ3n) is 1.24. The van der Waals surface area contributed by atoms with E-state index in [1.54, 1.807) is 0 Å². The number of allylic oxidation sites excluding steroid dienone is 3. The lowest BCUT2D eigenvalue weighted by atomic mass is 10.1. The average Bonchev–Trinajstić information content (AvgIpc) is 2.12. The Kier molecular flexibility index (Phi) is 1.36. The van der Waals surface area contributed by atoms with Gasteiger partial charge in [-0.3, -0.25) is 0 Å². The highest BCUT2D eigenvalue weighted by Gasteiger charge is 1.97. The van der Waals surface area contributed by atoms with E-state index in [0.29, 0.717) is 5.92 Å². The quantitative estimate of drug-likeness (QED) is 0.450. The average molecular weight is 106 g/mol. The zero-order valence-electron chi connectivity index (χ0n) is 5.31. The van der Waals surface area contributed by atoms with Gasteiger partial charge in [-0.2, -0.15) is 0 Å². The molecule has 8 heavy (non-hydrogen) atoms. The lowest BCUT2D eigenvalue weighted by Crippen LogP contribution is -1.85.